The Morgan fingerprint density at radius 3 is 2.26 bits per heavy atom. The summed E-state index contributed by atoms with van der Waals surface area (Å²) >= 11 is 0. The van der Waals surface area contributed by atoms with Crippen LogP contribution in [-0.2, 0) is 29.6 Å². The topological polar surface area (TPSA) is 67.5 Å². The molecule has 0 radical (unpaired) electrons. The highest BCUT2D eigenvalue weighted by Crippen LogP contribution is 2.31. The molecule has 1 heterocycles. The number of carboxylic acid groups (broad SMARTS) is 1. The van der Waals surface area contributed by atoms with Crippen molar-refractivity contribution in [2.45, 2.75) is 13.0 Å². The van der Waals surface area contributed by atoms with Crippen LogP contribution in [0, 0.1) is 0 Å². The van der Waals surface area contributed by atoms with Gasteiger partial charge in [0.05, 0.1) is 17.4 Å². The fourth-order valence-corrected chi connectivity index (χ4v) is 4.48. The minimum atomic E-state index is -0.977. The first-order chi connectivity index (χ1) is 17.0. The van der Waals surface area contributed by atoms with Gasteiger partial charge in [0.15, 0.2) is 0 Å². The lowest BCUT2D eigenvalue weighted by Crippen LogP contribution is -2.30. The number of fused-ring (bicyclic) bond motifs is 2. The van der Waals surface area contributed by atoms with Crippen molar-refractivity contribution in [3.8, 4) is 11.1 Å². The van der Waals surface area contributed by atoms with E-state index in [1.807, 2.05) is 109 Å². The second-order valence-corrected chi connectivity index (χ2v) is 8.51. The maximum Gasteiger partial charge on any atom is 0.337 e. The lowest BCUT2D eigenvalue weighted by molar-refractivity contribution is -0.617. The number of benzene rings is 4. The minimum Gasteiger partial charge on any atom is -0.478 e. The van der Waals surface area contributed by atoms with E-state index in [-0.39, 0.29) is 24.6 Å². The highest BCUT2D eigenvalue weighted by molar-refractivity contribution is 6.09. The Bertz CT molecular complexity index is 1560. The first-order valence-electron chi connectivity index (χ1n) is 11.4. The first kappa shape index (κ1) is 22.3. The van der Waals surface area contributed by atoms with Crippen LogP contribution in [0.5, 0.6) is 0 Å². The van der Waals surface area contributed by atoms with Crippen molar-refractivity contribution in [3.05, 3.63) is 114 Å². The fraction of sp³-hybridized carbons (Fsp3) is 0.100. The van der Waals surface area contributed by atoms with Gasteiger partial charge in [0, 0.05) is 17.5 Å². The Labute approximate surface area is 202 Å². The number of aromatic nitrogens is 1. The number of esters is 1. The molecule has 4 aromatic carbocycles. The molecule has 5 nitrogen and oxygen atoms in total. The van der Waals surface area contributed by atoms with E-state index in [2.05, 4.69) is 0 Å². The number of aromatic carboxylic acids is 1. The average molecular weight is 463 g/mol. The molecule has 0 aliphatic rings. The Morgan fingerprint density at radius 1 is 0.800 bits per heavy atom. The minimum absolute atomic E-state index is 0.151. The van der Waals surface area contributed by atoms with Gasteiger partial charge in [-0.25, -0.2) is 4.79 Å². The van der Waals surface area contributed by atoms with E-state index < -0.39 is 5.97 Å². The van der Waals surface area contributed by atoms with Crippen LogP contribution >= 0.6 is 0 Å². The van der Waals surface area contributed by atoms with Gasteiger partial charge in [-0.3, -0.25) is 4.79 Å². The molecule has 5 rings (SSSR count). The number of hydrogen-bond donors (Lipinski definition) is 1. The van der Waals surface area contributed by atoms with Gasteiger partial charge in [0.2, 0.25) is 11.0 Å². The summed E-state index contributed by atoms with van der Waals surface area (Å²) in [5.74, 6) is -1.28. The van der Waals surface area contributed by atoms with Crippen LogP contribution in [0.15, 0.2) is 97.1 Å². The summed E-state index contributed by atoms with van der Waals surface area (Å²) < 4.78 is 7.39. The Kier molecular flexibility index (Phi) is 5.98. The Hall–Kier alpha value is -4.51. The van der Waals surface area contributed by atoms with Crippen molar-refractivity contribution in [1.29, 1.82) is 0 Å². The molecule has 0 amide bonds. The van der Waals surface area contributed by atoms with Gasteiger partial charge in [-0.15, -0.1) is 0 Å². The molecule has 0 spiro atoms. The summed E-state index contributed by atoms with van der Waals surface area (Å²) in [7, 11) is 1.95. The summed E-state index contributed by atoms with van der Waals surface area (Å²) in [4.78, 5) is 24.7. The molecular formula is C30H24NO4+. The van der Waals surface area contributed by atoms with Crippen LogP contribution < -0.4 is 4.57 Å². The number of carboxylic acids is 1. The Morgan fingerprint density at radius 2 is 1.51 bits per heavy atom. The van der Waals surface area contributed by atoms with E-state index in [1.54, 1.807) is 0 Å². The molecule has 1 N–H and O–H groups in total. The number of ether oxygens (including phenoxy) is 1. The molecule has 0 aliphatic carbocycles. The highest BCUT2D eigenvalue weighted by Gasteiger charge is 2.21. The number of nitrogens with zero attached hydrogens (tertiary/aromatic N) is 1. The quantitative estimate of drug-likeness (QED) is 0.206. The summed E-state index contributed by atoms with van der Waals surface area (Å²) in [6.45, 7) is 0.239. The van der Waals surface area contributed by atoms with Crippen LogP contribution in [0.25, 0.3) is 32.9 Å². The third-order valence-corrected chi connectivity index (χ3v) is 6.25. The molecule has 35 heavy (non-hydrogen) atoms. The van der Waals surface area contributed by atoms with Crippen molar-refractivity contribution < 1.29 is 24.0 Å². The SMILES string of the molecule is C[n+]1c2ccccc2cc2c(C(=O)O)c(-c3ccc(CC(=O)OCc4ccccc4)cc3)ccc21. The summed E-state index contributed by atoms with van der Waals surface area (Å²) in [5.41, 5.74) is 5.31. The molecule has 0 bridgehead atoms. The molecule has 0 aliphatic heterocycles. The lowest BCUT2D eigenvalue weighted by atomic mass is 9.94. The number of rotatable bonds is 6. The van der Waals surface area contributed by atoms with Crippen molar-refractivity contribution in [2.75, 3.05) is 0 Å². The number of carbonyl (C=O) groups excluding carboxylic acids is 1. The van der Waals surface area contributed by atoms with Crippen LogP contribution in [0.3, 0.4) is 0 Å². The first-order valence-corrected chi connectivity index (χ1v) is 11.4. The largest absolute Gasteiger partial charge is 0.478 e. The molecule has 0 saturated carbocycles. The van der Waals surface area contributed by atoms with Crippen LogP contribution in [-0.4, -0.2) is 17.0 Å². The van der Waals surface area contributed by atoms with Crippen molar-refractivity contribution in [1.82, 2.24) is 0 Å². The van der Waals surface area contributed by atoms with Crippen molar-refractivity contribution in [2.24, 2.45) is 7.05 Å². The van der Waals surface area contributed by atoms with E-state index in [0.717, 1.165) is 33.1 Å². The standard InChI is InChI=1S/C30H23NO4/c1-31-26-10-6-5-9-23(26)18-25-27(31)16-15-24(29(25)30(33)34)22-13-11-20(12-14-22)17-28(32)35-19-21-7-3-2-4-8-21/h2-16,18H,17,19H2,1H3/p+1. The number of para-hydroxylation sites is 1. The van der Waals surface area contributed by atoms with E-state index in [0.29, 0.717) is 10.9 Å². The third-order valence-electron chi connectivity index (χ3n) is 6.25. The summed E-state index contributed by atoms with van der Waals surface area (Å²) in [6.07, 6.45) is 0.151. The summed E-state index contributed by atoms with van der Waals surface area (Å²) in [6, 6.07) is 30.6. The monoisotopic (exact) mass is 462 g/mol. The lowest BCUT2D eigenvalue weighted by Gasteiger charge is -2.11. The zero-order valence-electron chi connectivity index (χ0n) is 19.3. The number of aryl methyl sites for hydroxylation is 1. The average Bonchev–Trinajstić information content (AvgIpc) is 2.88. The van der Waals surface area contributed by atoms with Crippen LogP contribution in [0.4, 0.5) is 0 Å². The van der Waals surface area contributed by atoms with Crippen molar-refractivity contribution in [3.63, 3.8) is 0 Å². The van der Waals surface area contributed by atoms with Crippen LogP contribution in [0.1, 0.15) is 21.5 Å². The highest BCUT2D eigenvalue weighted by atomic mass is 16.5. The zero-order valence-corrected chi connectivity index (χ0v) is 19.3. The maximum atomic E-state index is 12.4. The van der Waals surface area contributed by atoms with Gasteiger partial charge in [0.25, 0.3) is 0 Å². The van der Waals surface area contributed by atoms with E-state index in [1.165, 1.54) is 0 Å². The van der Waals surface area contributed by atoms with Crippen molar-refractivity contribution >= 4 is 33.7 Å². The molecule has 1 aromatic heterocycles. The molecule has 0 atom stereocenters. The maximum absolute atomic E-state index is 12.4. The molecule has 0 fully saturated rings. The van der Waals surface area contributed by atoms with Gasteiger partial charge in [-0.1, -0.05) is 66.7 Å². The number of hydrogen-bond acceptors (Lipinski definition) is 3. The summed E-state index contributed by atoms with van der Waals surface area (Å²) in [5, 5.41) is 11.8. The Balaban J connectivity index is 1.44. The predicted octanol–water partition coefficient (Wildman–Crippen LogP) is 5.47. The van der Waals surface area contributed by atoms with Crippen LogP contribution in [0.2, 0.25) is 0 Å². The molecule has 5 aromatic rings. The molecule has 0 saturated heterocycles. The van der Waals surface area contributed by atoms with Gasteiger partial charge in [-0.05, 0) is 40.5 Å². The second kappa shape index (κ2) is 9.39. The van der Waals surface area contributed by atoms with Gasteiger partial charge < -0.3 is 9.84 Å². The van der Waals surface area contributed by atoms with E-state index in [4.69, 9.17) is 4.74 Å². The number of carbonyl (C=O) groups is 2. The molecule has 5 heteroatoms. The fourth-order valence-electron chi connectivity index (χ4n) is 4.48. The van der Waals surface area contributed by atoms with E-state index in [9.17, 15) is 14.7 Å². The van der Waals surface area contributed by atoms with Gasteiger partial charge in [-0.2, -0.15) is 4.57 Å². The normalized spacial score (nSPS) is 11.0. The van der Waals surface area contributed by atoms with Gasteiger partial charge >= 0.3 is 11.9 Å². The zero-order chi connectivity index (χ0) is 24.4. The number of pyridine rings is 1. The third kappa shape index (κ3) is 4.49. The van der Waals surface area contributed by atoms with E-state index >= 15 is 0 Å². The molecule has 0 unspecified atom stereocenters. The second-order valence-electron chi connectivity index (χ2n) is 8.51. The predicted molar refractivity (Wildman–Crippen MR) is 135 cm³/mol. The molecular weight excluding hydrogens is 438 g/mol. The smallest absolute Gasteiger partial charge is 0.337 e. The van der Waals surface area contributed by atoms with Gasteiger partial charge in [0.1, 0.15) is 13.7 Å². The molecule has 172 valence electrons.